The van der Waals surface area contributed by atoms with E-state index in [1.807, 2.05) is 18.2 Å². The number of anilines is 1. The summed E-state index contributed by atoms with van der Waals surface area (Å²) in [5.41, 5.74) is 1.77. The summed E-state index contributed by atoms with van der Waals surface area (Å²) in [6.45, 7) is 7.31. The van der Waals surface area contributed by atoms with Gasteiger partial charge in [-0.05, 0) is 43.4 Å². The number of benzene rings is 1. The zero-order valence-corrected chi connectivity index (χ0v) is 12.1. The van der Waals surface area contributed by atoms with Gasteiger partial charge in [0, 0.05) is 5.69 Å². The Labute approximate surface area is 115 Å². The van der Waals surface area contributed by atoms with Crippen molar-refractivity contribution in [2.24, 2.45) is 0 Å². The van der Waals surface area contributed by atoms with Crippen molar-refractivity contribution >= 4 is 11.6 Å². The fraction of sp³-hybridized carbons (Fsp3) is 0.562. The largest absolute Gasteiger partial charge is 0.324 e. The molecule has 3 nitrogen and oxygen atoms in total. The highest BCUT2D eigenvalue weighted by atomic mass is 16.2. The lowest BCUT2D eigenvalue weighted by molar-refractivity contribution is -0.122. The SMILES string of the molecule is CCC1(C(=O)Nc2ccccc2C(C)C)CCCN1. The van der Waals surface area contributed by atoms with Gasteiger partial charge in [-0.1, -0.05) is 39.0 Å². The molecule has 0 saturated carbocycles. The summed E-state index contributed by atoms with van der Waals surface area (Å²) in [6, 6.07) is 8.07. The van der Waals surface area contributed by atoms with E-state index in [2.05, 4.69) is 37.5 Å². The van der Waals surface area contributed by atoms with E-state index in [0.29, 0.717) is 5.92 Å². The number of nitrogens with one attached hydrogen (secondary N) is 2. The molecule has 19 heavy (non-hydrogen) atoms. The van der Waals surface area contributed by atoms with Gasteiger partial charge in [-0.25, -0.2) is 0 Å². The molecular weight excluding hydrogens is 236 g/mol. The molecule has 2 rings (SSSR count). The van der Waals surface area contributed by atoms with Crippen LogP contribution in [0, 0.1) is 0 Å². The summed E-state index contributed by atoms with van der Waals surface area (Å²) in [5.74, 6) is 0.520. The first kappa shape index (κ1) is 14.1. The van der Waals surface area contributed by atoms with Crippen molar-refractivity contribution in [2.75, 3.05) is 11.9 Å². The average Bonchev–Trinajstić information content (AvgIpc) is 2.89. The zero-order valence-electron chi connectivity index (χ0n) is 12.1. The first-order chi connectivity index (χ1) is 9.09. The van der Waals surface area contributed by atoms with E-state index >= 15 is 0 Å². The van der Waals surface area contributed by atoms with Gasteiger partial charge in [-0.2, -0.15) is 0 Å². The van der Waals surface area contributed by atoms with Crippen molar-refractivity contribution in [2.45, 2.75) is 51.5 Å². The molecule has 104 valence electrons. The van der Waals surface area contributed by atoms with Crippen molar-refractivity contribution < 1.29 is 4.79 Å². The van der Waals surface area contributed by atoms with E-state index in [-0.39, 0.29) is 11.4 Å². The third kappa shape index (κ3) is 2.81. The summed E-state index contributed by atoms with van der Waals surface area (Å²) in [6.07, 6.45) is 2.84. The normalized spacial score (nSPS) is 22.7. The first-order valence-corrected chi connectivity index (χ1v) is 7.24. The minimum Gasteiger partial charge on any atom is -0.324 e. The van der Waals surface area contributed by atoms with Gasteiger partial charge in [0.25, 0.3) is 0 Å². The van der Waals surface area contributed by atoms with Gasteiger partial charge < -0.3 is 10.6 Å². The quantitative estimate of drug-likeness (QED) is 0.872. The van der Waals surface area contributed by atoms with Crippen LogP contribution in [0.1, 0.15) is 51.5 Å². The molecule has 0 aromatic heterocycles. The topological polar surface area (TPSA) is 41.1 Å². The highest BCUT2D eigenvalue weighted by Crippen LogP contribution is 2.28. The number of hydrogen-bond donors (Lipinski definition) is 2. The van der Waals surface area contributed by atoms with E-state index in [1.54, 1.807) is 0 Å². The fourth-order valence-corrected chi connectivity index (χ4v) is 2.82. The maximum Gasteiger partial charge on any atom is 0.244 e. The van der Waals surface area contributed by atoms with Gasteiger partial charge in [0.15, 0.2) is 0 Å². The molecule has 1 unspecified atom stereocenters. The fourth-order valence-electron chi connectivity index (χ4n) is 2.82. The molecule has 1 fully saturated rings. The molecular formula is C16H24N2O. The van der Waals surface area contributed by atoms with Gasteiger partial charge in [0.1, 0.15) is 0 Å². The monoisotopic (exact) mass is 260 g/mol. The Hall–Kier alpha value is -1.35. The van der Waals surface area contributed by atoms with Crippen LogP contribution in [0.25, 0.3) is 0 Å². The molecule has 0 aliphatic carbocycles. The standard InChI is InChI=1S/C16H24N2O/c1-4-16(10-7-11-17-16)15(19)18-14-9-6-5-8-13(14)12(2)3/h5-6,8-9,12,17H,4,7,10-11H2,1-3H3,(H,18,19). The first-order valence-electron chi connectivity index (χ1n) is 7.24. The van der Waals surface area contributed by atoms with Crippen LogP contribution in [-0.2, 0) is 4.79 Å². The Morgan fingerprint density at radius 2 is 2.16 bits per heavy atom. The molecule has 1 aliphatic heterocycles. The van der Waals surface area contributed by atoms with Crippen molar-refractivity contribution in [3.8, 4) is 0 Å². The molecule has 1 saturated heterocycles. The molecule has 0 radical (unpaired) electrons. The predicted octanol–water partition coefficient (Wildman–Crippen LogP) is 3.28. The Bertz CT molecular complexity index is 448. The molecule has 2 N–H and O–H groups in total. The van der Waals surface area contributed by atoms with E-state index in [1.165, 1.54) is 5.56 Å². The Morgan fingerprint density at radius 1 is 1.42 bits per heavy atom. The van der Waals surface area contributed by atoms with Gasteiger partial charge in [0.05, 0.1) is 5.54 Å². The van der Waals surface area contributed by atoms with Gasteiger partial charge >= 0.3 is 0 Å². The van der Waals surface area contributed by atoms with Crippen LogP contribution in [0.2, 0.25) is 0 Å². The number of carbonyl (C=O) groups excluding carboxylic acids is 1. The summed E-state index contributed by atoms with van der Waals surface area (Å²) < 4.78 is 0. The van der Waals surface area contributed by atoms with E-state index in [4.69, 9.17) is 0 Å². The predicted molar refractivity (Wildman–Crippen MR) is 79.4 cm³/mol. The van der Waals surface area contributed by atoms with Crippen LogP contribution in [0.5, 0.6) is 0 Å². The minimum absolute atomic E-state index is 0.112. The van der Waals surface area contributed by atoms with E-state index in [0.717, 1.165) is 31.5 Å². The molecule has 1 aromatic rings. The highest BCUT2D eigenvalue weighted by molar-refractivity contribution is 5.99. The van der Waals surface area contributed by atoms with Gasteiger partial charge in [-0.3, -0.25) is 4.79 Å². The lowest BCUT2D eigenvalue weighted by Crippen LogP contribution is -2.50. The van der Waals surface area contributed by atoms with Crippen LogP contribution in [-0.4, -0.2) is 18.0 Å². The van der Waals surface area contributed by atoms with Crippen LogP contribution in [0.3, 0.4) is 0 Å². The smallest absolute Gasteiger partial charge is 0.244 e. The average molecular weight is 260 g/mol. The third-order valence-electron chi connectivity index (χ3n) is 4.11. The highest BCUT2D eigenvalue weighted by Gasteiger charge is 2.39. The third-order valence-corrected chi connectivity index (χ3v) is 4.11. The van der Waals surface area contributed by atoms with Crippen LogP contribution in [0.4, 0.5) is 5.69 Å². The van der Waals surface area contributed by atoms with Crippen molar-refractivity contribution in [3.05, 3.63) is 29.8 Å². The number of carbonyl (C=O) groups is 1. The summed E-state index contributed by atoms with van der Waals surface area (Å²) >= 11 is 0. The molecule has 1 atom stereocenters. The molecule has 1 heterocycles. The summed E-state index contributed by atoms with van der Waals surface area (Å²) in [5, 5.41) is 6.50. The zero-order chi connectivity index (χ0) is 13.9. The second-order valence-corrected chi connectivity index (χ2v) is 5.66. The number of rotatable bonds is 4. The van der Waals surface area contributed by atoms with Crippen LogP contribution in [0.15, 0.2) is 24.3 Å². The Kier molecular flexibility index (Phi) is 4.25. The maximum atomic E-state index is 12.6. The van der Waals surface area contributed by atoms with Gasteiger partial charge in [0.2, 0.25) is 5.91 Å². The van der Waals surface area contributed by atoms with Crippen LogP contribution >= 0.6 is 0 Å². The Morgan fingerprint density at radius 3 is 2.74 bits per heavy atom. The number of para-hydroxylation sites is 1. The molecule has 1 aliphatic rings. The molecule has 0 spiro atoms. The maximum absolute atomic E-state index is 12.6. The molecule has 1 amide bonds. The van der Waals surface area contributed by atoms with Crippen LogP contribution < -0.4 is 10.6 Å². The molecule has 3 heteroatoms. The minimum atomic E-state index is -0.371. The molecule has 1 aromatic carbocycles. The molecule has 0 bridgehead atoms. The van der Waals surface area contributed by atoms with Crippen molar-refractivity contribution in [3.63, 3.8) is 0 Å². The lowest BCUT2D eigenvalue weighted by atomic mass is 9.92. The Balaban J connectivity index is 2.19. The van der Waals surface area contributed by atoms with E-state index in [9.17, 15) is 4.79 Å². The summed E-state index contributed by atoms with van der Waals surface area (Å²) in [4.78, 5) is 12.6. The van der Waals surface area contributed by atoms with Gasteiger partial charge in [-0.15, -0.1) is 0 Å². The lowest BCUT2D eigenvalue weighted by Gasteiger charge is -2.27. The number of hydrogen-bond acceptors (Lipinski definition) is 2. The second kappa shape index (κ2) is 5.74. The van der Waals surface area contributed by atoms with Crippen molar-refractivity contribution in [1.82, 2.24) is 5.32 Å². The second-order valence-electron chi connectivity index (χ2n) is 5.66. The van der Waals surface area contributed by atoms with Crippen molar-refractivity contribution in [1.29, 1.82) is 0 Å². The van der Waals surface area contributed by atoms with E-state index < -0.39 is 0 Å². The number of amides is 1. The summed E-state index contributed by atoms with van der Waals surface area (Å²) in [7, 11) is 0.